The monoisotopic (exact) mass is 471 g/mol. The number of hydrogen-bond donors (Lipinski definition) is 0. The van der Waals surface area contributed by atoms with E-state index in [1.807, 2.05) is 53.9 Å². The van der Waals surface area contributed by atoms with Crippen LogP contribution in [0.4, 0.5) is 5.13 Å². The van der Waals surface area contributed by atoms with Crippen molar-refractivity contribution in [3.05, 3.63) is 75.1 Å². The topological polar surface area (TPSA) is 64.0 Å². The maximum absolute atomic E-state index is 12.6. The van der Waals surface area contributed by atoms with Crippen LogP contribution >= 0.6 is 34.7 Å². The van der Waals surface area contributed by atoms with E-state index in [2.05, 4.69) is 9.98 Å². The van der Waals surface area contributed by atoms with Gasteiger partial charge in [-0.15, -0.1) is 11.3 Å². The molecule has 0 saturated carbocycles. The second-order valence-electron chi connectivity index (χ2n) is 6.47. The number of benzene rings is 2. The first kappa shape index (κ1) is 21.4. The van der Waals surface area contributed by atoms with Crippen LogP contribution in [-0.4, -0.2) is 35.1 Å². The normalized spacial score (nSPS) is 16.4. The number of carbonyl (C=O) groups is 1. The summed E-state index contributed by atoms with van der Waals surface area (Å²) in [5.74, 6) is 1.05. The van der Waals surface area contributed by atoms with Crippen LogP contribution in [0, 0.1) is 0 Å². The number of amidine groups is 1. The first-order valence-electron chi connectivity index (χ1n) is 9.25. The molecule has 0 aliphatic carbocycles. The molecule has 31 heavy (non-hydrogen) atoms. The highest BCUT2D eigenvalue weighted by atomic mass is 35.5. The number of methoxy groups -OCH3 is 1. The number of aromatic nitrogens is 1. The third-order valence-corrected chi connectivity index (χ3v) is 6.53. The fourth-order valence-corrected chi connectivity index (χ4v) is 4.54. The second kappa shape index (κ2) is 9.55. The molecule has 1 aliphatic rings. The standard InChI is InChI=1S/C22H18ClN3O3S2/c1-26-20(27)19(31-22(26)25-21-24-9-10-30-21)12-14-7-8-17(18(11-14)28-2)29-13-15-5-3-4-6-16(15)23/h3-12H,13H2,1-2H3/b19-12-,25-22+. The zero-order valence-corrected chi connectivity index (χ0v) is 19.1. The molecule has 0 unspecified atom stereocenters. The average Bonchev–Trinajstić information content (AvgIpc) is 3.38. The summed E-state index contributed by atoms with van der Waals surface area (Å²) in [5.41, 5.74) is 1.71. The van der Waals surface area contributed by atoms with Gasteiger partial charge in [-0.1, -0.05) is 35.9 Å². The number of thiazole rings is 1. The molecule has 6 nitrogen and oxygen atoms in total. The summed E-state index contributed by atoms with van der Waals surface area (Å²) in [7, 11) is 3.28. The minimum absolute atomic E-state index is 0.113. The SMILES string of the molecule is COc1cc(/C=C2\S/C(=N/c3nccs3)N(C)C2=O)ccc1OCc1ccccc1Cl. The van der Waals surface area contributed by atoms with Gasteiger partial charge in [0.05, 0.1) is 12.0 Å². The summed E-state index contributed by atoms with van der Waals surface area (Å²) >= 11 is 8.93. The van der Waals surface area contributed by atoms with Crippen LogP contribution < -0.4 is 9.47 Å². The molecular formula is C22H18ClN3O3S2. The Morgan fingerprint density at radius 2 is 2.06 bits per heavy atom. The van der Waals surface area contributed by atoms with E-state index in [1.165, 1.54) is 28.0 Å². The van der Waals surface area contributed by atoms with Crippen molar-refractivity contribution in [3.8, 4) is 11.5 Å². The van der Waals surface area contributed by atoms with Crippen LogP contribution in [0.3, 0.4) is 0 Å². The highest BCUT2D eigenvalue weighted by Gasteiger charge is 2.30. The fraction of sp³-hybridized carbons (Fsp3) is 0.136. The van der Waals surface area contributed by atoms with E-state index in [9.17, 15) is 4.79 Å². The van der Waals surface area contributed by atoms with Crippen molar-refractivity contribution in [3.63, 3.8) is 0 Å². The molecule has 4 rings (SSSR count). The Morgan fingerprint density at radius 1 is 1.23 bits per heavy atom. The molecular weight excluding hydrogens is 454 g/mol. The third-order valence-electron chi connectivity index (χ3n) is 4.44. The largest absolute Gasteiger partial charge is 0.493 e. The van der Waals surface area contributed by atoms with Crippen LogP contribution in [0.25, 0.3) is 6.08 Å². The number of amides is 1. The molecule has 1 amide bonds. The van der Waals surface area contributed by atoms with Crippen molar-refractivity contribution < 1.29 is 14.3 Å². The predicted octanol–water partition coefficient (Wildman–Crippen LogP) is 5.62. The highest BCUT2D eigenvalue weighted by Crippen LogP contribution is 2.35. The molecule has 0 radical (unpaired) electrons. The lowest BCUT2D eigenvalue weighted by Gasteiger charge is -2.12. The van der Waals surface area contributed by atoms with Gasteiger partial charge in [0.15, 0.2) is 16.7 Å². The van der Waals surface area contributed by atoms with Crippen molar-refractivity contribution >= 4 is 57.0 Å². The fourth-order valence-electron chi connectivity index (χ4n) is 2.82. The number of carbonyl (C=O) groups excluding carboxylic acids is 1. The predicted molar refractivity (Wildman–Crippen MR) is 126 cm³/mol. The van der Waals surface area contributed by atoms with Crippen molar-refractivity contribution in [2.75, 3.05) is 14.2 Å². The van der Waals surface area contributed by atoms with E-state index in [1.54, 1.807) is 20.4 Å². The van der Waals surface area contributed by atoms with E-state index >= 15 is 0 Å². The summed E-state index contributed by atoms with van der Waals surface area (Å²) < 4.78 is 11.4. The Balaban J connectivity index is 1.53. The Labute approximate surface area is 193 Å². The van der Waals surface area contributed by atoms with Gasteiger partial charge in [0, 0.05) is 29.2 Å². The molecule has 0 N–H and O–H groups in total. The van der Waals surface area contributed by atoms with E-state index in [4.69, 9.17) is 21.1 Å². The van der Waals surface area contributed by atoms with Crippen LogP contribution in [0.5, 0.6) is 11.5 Å². The lowest BCUT2D eigenvalue weighted by molar-refractivity contribution is -0.121. The van der Waals surface area contributed by atoms with Crippen molar-refractivity contribution in [1.29, 1.82) is 0 Å². The first-order chi connectivity index (χ1) is 15.0. The zero-order valence-electron chi connectivity index (χ0n) is 16.7. The molecule has 0 bridgehead atoms. The summed E-state index contributed by atoms with van der Waals surface area (Å²) in [6.07, 6.45) is 3.50. The number of nitrogens with zero attached hydrogens (tertiary/aromatic N) is 3. The number of likely N-dealkylation sites (N-methyl/N-ethyl adjacent to an activating group) is 1. The Bertz CT molecular complexity index is 1160. The Morgan fingerprint density at radius 3 is 2.81 bits per heavy atom. The van der Waals surface area contributed by atoms with Gasteiger partial charge in [0.2, 0.25) is 5.13 Å². The van der Waals surface area contributed by atoms with Gasteiger partial charge < -0.3 is 9.47 Å². The number of rotatable bonds is 6. The number of aliphatic imine (C=N–C) groups is 1. The van der Waals surface area contributed by atoms with Gasteiger partial charge in [-0.3, -0.25) is 9.69 Å². The lowest BCUT2D eigenvalue weighted by atomic mass is 10.2. The molecule has 0 spiro atoms. The second-order valence-corrected chi connectivity index (χ2v) is 8.76. The Kier molecular flexibility index (Phi) is 6.60. The molecule has 158 valence electrons. The van der Waals surface area contributed by atoms with Crippen LogP contribution in [0.15, 0.2) is 63.9 Å². The molecule has 1 aliphatic heterocycles. The van der Waals surface area contributed by atoms with Crippen molar-refractivity contribution in [1.82, 2.24) is 9.88 Å². The number of hydrogen-bond acceptors (Lipinski definition) is 7. The Hall–Kier alpha value is -2.81. The molecule has 9 heteroatoms. The zero-order chi connectivity index (χ0) is 21.8. The van der Waals surface area contributed by atoms with Crippen LogP contribution in [-0.2, 0) is 11.4 Å². The quantitative estimate of drug-likeness (QED) is 0.437. The van der Waals surface area contributed by atoms with Crippen LogP contribution in [0.1, 0.15) is 11.1 Å². The number of thioether (sulfide) groups is 1. The molecule has 1 fully saturated rings. The van der Waals surface area contributed by atoms with Gasteiger partial charge in [0.25, 0.3) is 5.91 Å². The average molecular weight is 472 g/mol. The van der Waals surface area contributed by atoms with E-state index < -0.39 is 0 Å². The maximum atomic E-state index is 12.6. The summed E-state index contributed by atoms with van der Waals surface area (Å²) in [6.45, 7) is 0.326. The molecule has 2 aromatic carbocycles. The molecule has 0 atom stereocenters. The number of ether oxygens (including phenoxy) is 2. The van der Waals surface area contributed by atoms with Gasteiger partial charge in [-0.2, -0.15) is 4.99 Å². The molecule has 1 aromatic heterocycles. The number of halogens is 1. The maximum Gasteiger partial charge on any atom is 0.266 e. The van der Waals surface area contributed by atoms with Gasteiger partial charge in [-0.05, 0) is 41.6 Å². The minimum Gasteiger partial charge on any atom is -0.493 e. The lowest BCUT2D eigenvalue weighted by Crippen LogP contribution is -2.23. The van der Waals surface area contributed by atoms with Crippen LogP contribution in [0.2, 0.25) is 5.02 Å². The van der Waals surface area contributed by atoms with E-state index in [0.29, 0.717) is 38.3 Å². The molecule has 2 heterocycles. The van der Waals surface area contributed by atoms with Gasteiger partial charge >= 0.3 is 0 Å². The first-order valence-corrected chi connectivity index (χ1v) is 11.3. The molecule has 1 saturated heterocycles. The minimum atomic E-state index is -0.113. The summed E-state index contributed by atoms with van der Waals surface area (Å²) in [5, 5.41) is 3.71. The van der Waals surface area contributed by atoms with Gasteiger partial charge in [-0.25, -0.2) is 4.98 Å². The van der Waals surface area contributed by atoms with Crippen molar-refractivity contribution in [2.24, 2.45) is 4.99 Å². The van der Waals surface area contributed by atoms with Gasteiger partial charge in [0.1, 0.15) is 6.61 Å². The summed E-state index contributed by atoms with van der Waals surface area (Å²) in [6, 6.07) is 13.1. The van der Waals surface area contributed by atoms with E-state index in [-0.39, 0.29) is 5.91 Å². The molecule has 3 aromatic rings. The van der Waals surface area contributed by atoms with E-state index in [0.717, 1.165) is 11.1 Å². The smallest absolute Gasteiger partial charge is 0.266 e. The third kappa shape index (κ3) is 4.92. The summed E-state index contributed by atoms with van der Waals surface area (Å²) in [4.78, 5) is 23.3. The highest BCUT2D eigenvalue weighted by molar-refractivity contribution is 8.18. The van der Waals surface area contributed by atoms with Crippen molar-refractivity contribution in [2.45, 2.75) is 6.61 Å².